The van der Waals surface area contributed by atoms with Crippen LogP contribution < -0.4 is 5.73 Å². The van der Waals surface area contributed by atoms with E-state index in [1.165, 1.54) is 16.4 Å². The molecule has 0 radical (unpaired) electrons. The minimum Gasteiger partial charge on any atom is -0.364 e. The molecule has 1 aliphatic heterocycles. The number of aromatic nitrogens is 4. The zero-order valence-electron chi connectivity index (χ0n) is 16.2. The van der Waals surface area contributed by atoms with E-state index in [1.54, 1.807) is 0 Å². The predicted octanol–water partition coefficient (Wildman–Crippen LogP) is 2.63. The van der Waals surface area contributed by atoms with E-state index in [-0.39, 0.29) is 39.3 Å². The van der Waals surface area contributed by atoms with Crippen LogP contribution in [0.25, 0.3) is 11.5 Å². The van der Waals surface area contributed by atoms with Crippen molar-refractivity contribution < 1.29 is 17.6 Å². The van der Waals surface area contributed by atoms with Gasteiger partial charge < -0.3 is 10.7 Å². The first-order valence-electron chi connectivity index (χ1n) is 9.30. The van der Waals surface area contributed by atoms with Crippen molar-refractivity contribution in [1.82, 2.24) is 24.2 Å². The van der Waals surface area contributed by atoms with E-state index in [0.29, 0.717) is 23.6 Å². The lowest BCUT2D eigenvalue weighted by molar-refractivity contribution is 0.1000. The molecule has 0 saturated carbocycles. The van der Waals surface area contributed by atoms with E-state index in [1.807, 2.05) is 6.92 Å². The number of sulfonamides is 1. The third-order valence-corrected chi connectivity index (χ3v) is 8.79. The second-order valence-corrected chi connectivity index (χ2v) is 10.8. The SMILES string of the molecule is C[C@H]1CN(S(=O)(=O)c2cnc(C(N)=O)s2)CC[C@H]1c1[nH]c(-c2ccc(F)cn2)nc1Cl. The van der Waals surface area contributed by atoms with Gasteiger partial charge in [0.25, 0.3) is 15.9 Å². The Morgan fingerprint density at radius 2 is 2.13 bits per heavy atom. The van der Waals surface area contributed by atoms with Gasteiger partial charge in [-0.15, -0.1) is 0 Å². The number of carbonyl (C=O) groups is 1. The molecular formula is C18H18ClFN6O3S2. The van der Waals surface area contributed by atoms with Gasteiger partial charge in [0.2, 0.25) is 0 Å². The summed E-state index contributed by atoms with van der Waals surface area (Å²) in [6.07, 6.45) is 2.77. The summed E-state index contributed by atoms with van der Waals surface area (Å²) in [6, 6.07) is 2.79. The average Bonchev–Trinajstić information content (AvgIpc) is 3.36. The summed E-state index contributed by atoms with van der Waals surface area (Å²) in [6.45, 7) is 2.46. The molecule has 0 unspecified atom stereocenters. The number of nitrogens with one attached hydrogen (secondary N) is 1. The first-order chi connectivity index (χ1) is 14.7. The Hall–Kier alpha value is -2.41. The Morgan fingerprint density at radius 3 is 2.74 bits per heavy atom. The summed E-state index contributed by atoms with van der Waals surface area (Å²) in [7, 11) is -3.79. The molecule has 1 saturated heterocycles. The highest BCUT2D eigenvalue weighted by molar-refractivity contribution is 7.91. The van der Waals surface area contributed by atoms with Gasteiger partial charge in [-0.1, -0.05) is 29.9 Å². The number of piperidine rings is 1. The largest absolute Gasteiger partial charge is 0.364 e. The summed E-state index contributed by atoms with van der Waals surface area (Å²) >= 11 is 7.11. The maximum atomic E-state index is 13.1. The molecule has 1 amide bonds. The van der Waals surface area contributed by atoms with Crippen LogP contribution in [0.4, 0.5) is 4.39 Å². The molecule has 1 aliphatic rings. The van der Waals surface area contributed by atoms with E-state index in [4.69, 9.17) is 17.3 Å². The Balaban J connectivity index is 1.53. The zero-order valence-corrected chi connectivity index (χ0v) is 18.6. The van der Waals surface area contributed by atoms with Crippen molar-refractivity contribution >= 4 is 38.9 Å². The maximum Gasteiger partial charge on any atom is 0.277 e. The number of pyridine rings is 1. The minimum atomic E-state index is -3.79. The van der Waals surface area contributed by atoms with Crippen LogP contribution in [0.2, 0.25) is 5.15 Å². The fourth-order valence-corrected chi connectivity index (χ4v) is 6.59. The van der Waals surface area contributed by atoms with Crippen molar-refractivity contribution in [1.29, 1.82) is 0 Å². The molecule has 3 aromatic rings. The number of hydrogen-bond acceptors (Lipinski definition) is 7. The molecule has 0 spiro atoms. The van der Waals surface area contributed by atoms with Crippen LogP contribution in [0.1, 0.15) is 34.8 Å². The average molecular weight is 485 g/mol. The van der Waals surface area contributed by atoms with Crippen molar-refractivity contribution in [2.45, 2.75) is 23.5 Å². The number of primary amides is 1. The van der Waals surface area contributed by atoms with Gasteiger partial charge >= 0.3 is 0 Å². The van der Waals surface area contributed by atoms with Crippen molar-refractivity contribution in [3.63, 3.8) is 0 Å². The van der Waals surface area contributed by atoms with E-state index in [9.17, 15) is 17.6 Å². The van der Waals surface area contributed by atoms with Gasteiger partial charge in [0, 0.05) is 19.0 Å². The monoisotopic (exact) mass is 484 g/mol. The summed E-state index contributed by atoms with van der Waals surface area (Å²) in [4.78, 5) is 26.5. The van der Waals surface area contributed by atoms with Gasteiger partial charge in [0.1, 0.15) is 11.5 Å². The Morgan fingerprint density at radius 1 is 1.35 bits per heavy atom. The van der Waals surface area contributed by atoms with Gasteiger partial charge in [0.05, 0.1) is 18.1 Å². The molecule has 2 atom stereocenters. The van der Waals surface area contributed by atoms with Crippen LogP contribution in [0, 0.1) is 11.7 Å². The fraction of sp³-hybridized carbons (Fsp3) is 0.333. The second kappa shape index (κ2) is 8.26. The Labute approximate surface area is 186 Å². The summed E-state index contributed by atoms with van der Waals surface area (Å²) in [5.41, 5.74) is 6.33. The third-order valence-electron chi connectivity index (χ3n) is 5.18. The molecule has 9 nitrogen and oxygen atoms in total. The lowest BCUT2D eigenvalue weighted by atomic mass is 9.86. The molecule has 4 heterocycles. The number of rotatable bonds is 5. The molecule has 3 aromatic heterocycles. The molecule has 4 rings (SSSR count). The number of hydrogen-bond donors (Lipinski definition) is 2. The molecule has 1 fully saturated rings. The second-order valence-electron chi connectivity index (χ2n) is 7.24. The Bertz CT molecular complexity index is 1230. The fourth-order valence-electron chi connectivity index (χ4n) is 3.62. The summed E-state index contributed by atoms with van der Waals surface area (Å²) in [5, 5.41) is 0.232. The van der Waals surface area contributed by atoms with Crippen molar-refractivity contribution in [3.8, 4) is 11.5 Å². The van der Waals surface area contributed by atoms with Crippen LogP contribution in [0.3, 0.4) is 0 Å². The highest BCUT2D eigenvalue weighted by Crippen LogP contribution is 2.38. The molecule has 0 aliphatic carbocycles. The highest BCUT2D eigenvalue weighted by atomic mass is 35.5. The molecule has 31 heavy (non-hydrogen) atoms. The number of amides is 1. The number of thiazole rings is 1. The molecule has 0 bridgehead atoms. The lowest BCUT2D eigenvalue weighted by Gasteiger charge is -2.35. The lowest BCUT2D eigenvalue weighted by Crippen LogP contribution is -2.42. The third kappa shape index (κ3) is 4.20. The Kier molecular flexibility index (Phi) is 5.81. The zero-order chi connectivity index (χ0) is 22.3. The quantitative estimate of drug-likeness (QED) is 0.571. The van der Waals surface area contributed by atoms with Gasteiger partial charge in [-0.3, -0.25) is 4.79 Å². The first kappa shape index (κ1) is 21.8. The highest BCUT2D eigenvalue weighted by Gasteiger charge is 2.37. The van der Waals surface area contributed by atoms with Gasteiger partial charge in [0.15, 0.2) is 20.2 Å². The predicted molar refractivity (Wildman–Crippen MR) is 113 cm³/mol. The van der Waals surface area contributed by atoms with Gasteiger partial charge in [-0.2, -0.15) is 4.31 Å². The van der Waals surface area contributed by atoms with Crippen LogP contribution in [-0.4, -0.2) is 51.7 Å². The number of halogens is 2. The van der Waals surface area contributed by atoms with Crippen molar-refractivity contribution in [3.05, 3.63) is 46.2 Å². The van der Waals surface area contributed by atoms with Gasteiger partial charge in [-0.05, 0) is 24.5 Å². The number of nitrogens with zero attached hydrogens (tertiary/aromatic N) is 4. The van der Waals surface area contributed by atoms with Crippen LogP contribution in [0.15, 0.2) is 28.7 Å². The number of carbonyl (C=O) groups excluding carboxylic acids is 1. The van der Waals surface area contributed by atoms with Crippen molar-refractivity contribution in [2.75, 3.05) is 13.1 Å². The molecule has 164 valence electrons. The molecule has 13 heteroatoms. The number of nitrogens with two attached hydrogens (primary N) is 1. The van der Waals surface area contributed by atoms with Crippen LogP contribution in [0.5, 0.6) is 0 Å². The normalized spacial score (nSPS) is 20.1. The molecule has 0 aromatic carbocycles. The van der Waals surface area contributed by atoms with Crippen LogP contribution >= 0.6 is 22.9 Å². The van der Waals surface area contributed by atoms with Gasteiger partial charge in [-0.25, -0.2) is 27.8 Å². The van der Waals surface area contributed by atoms with Crippen LogP contribution in [-0.2, 0) is 10.0 Å². The molecule has 3 N–H and O–H groups in total. The first-order valence-corrected chi connectivity index (χ1v) is 11.9. The van der Waals surface area contributed by atoms with E-state index >= 15 is 0 Å². The van der Waals surface area contributed by atoms with E-state index in [2.05, 4.69) is 19.9 Å². The standard InChI is InChI=1S/C18H18ClFN6O3S2/c1-9-8-26(31(28,29)13-7-23-18(30-13)16(21)27)5-4-11(9)14-15(19)25-17(24-14)12-3-2-10(20)6-22-12/h2-3,6-7,9,11H,4-5,8H2,1H3,(H2,21,27)(H,24,25)/t9-,11+/m0/s1. The summed E-state index contributed by atoms with van der Waals surface area (Å²) in [5.74, 6) is -0.917. The van der Waals surface area contributed by atoms with Crippen molar-refractivity contribution in [2.24, 2.45) is 11.7 Å². The number of H-pyrrole nitrogens is 1. The molecular weight excluding hydrogens is 467 g/mol. The topological polar surface area (TPSA) is 135 Å². The number of imidazole rings is 1. The summed E-state index contributed by atoms with van der Waals surface area (Å²) < 4.78 is 40.4. The maximum absolute atomic E-state index is 13.1. The number of aromatic amines is 1. The smallest absolute Gasteiger partial charge is 0.277 e. The van der Waals surface area contributed by atoms with E-state index in [0.717, 1.165) is 23.7 Å². The minimum absolute atomic E-state index is 0.0174. The van der Waals surface area contributed by atoms with E-state index < -0.39 is 21.7 Å².